The van der Waals surface area contributed by atoms with Crippen molar-refractivity contribution in [1.29, 1.82) is 0 Å². The molecule has 0 aliphatic carbocycles. The Morgan fingerprint density at radius 2 is 0.863 bits per heavy atom. The number of carbonyl (C=O) groups excluding carboxylic acids is 2. The molecule has 0 saturated heterocycles. The zero-order valence-electron chi connectivity index (χ0n) is 34.1. The van der Waals surface area contributed by atoms with Crippen LogP contribution in [0.5, 0.6) is 0 Å². The Hall–Kier alpha value is -1.22. The SMILES string of the molecule is CCCCCCCCCOC(=O)CCCCCCCN(CCO)CCCCCCCC(=O)OC(COCCCCCC)COCCCCCCC. The molecular formula is C43H85NO7. The number of aliphatic hydroxyl groups is 1. The van der Waals surface area contributed by atoms with Crippen molar-refractivity contribution >= 4 is 11.9 Å². The molecule has 0 aromatic heterocycles. The van der Waals surface area contributed by atoms with Gasteiger partial charge in [-0.05, 0) is 58.0 Å². The number of unbranched alkanes of at least 4 members (excludes halogenated alkanes) is 21. The first-order valence-corrected chi connectivity index (χ1v) is 21.9. The van der Waals surface area contributed by atoms with Crippen molar-refractivity contribution in [2.75, 3.05) is 59.3 Å². The van der Waals surface area contributed by atoms with Gasteiger partial charge in [-0.3, -0.25) is 9.59 Å². The van der Waals surface area contributed by atoms with Crippen LogP contribution in [0.3, 0.4) is 0 Å². The molecule has 0 spiro atoms. The van der Waals surface area contributed by atoms with Gasteiger partial charge in [-0.2, -0.15) is 0 Å². The molecule has 8 heteroatoms. The fraction of sp³-hybridized carbons (Fsp3) is 0.953. The lowest BCUT2D eigenvalue weighted by molar-refractivity contribution is -0.156. The van der Waals surface area contributed by atoms with E-state index in [-0.39, 0.29) is 24.6 Å². The van der Waals surface area contributed by atoms with E-state index in [2.05, 4.69) is 25.7 Å². The van der Waals surface area contributed by atoms with Crippen LogP contribution in [-0.4, -0.2) is 87.3 Å². The van der Waals surface area contributed by atoms with Crippen LogP contribution in [0.25, 0.3) is 0 Å². The second-order valence-corrected chi connectivity index (χ2v) is 14.7. The quantitative estimate of drug-likeness (QED) is 0.0490. The Morgan fingerprint density at radius 3 is 1.35 bits per heavy atom. The minimum atomic E-state index is -0.329. The number of hydrogen-bond acceptors (Lipinski definition) is 8. The number of nitrogens with zero attached hydrogens (tertiary/aromatic N) is 1. The fourth-order valence-electron chi connectivity index (χ4n) is 6.29. The third kappa shape index (κ3) is 38.3. The van der Waals surface area contributed by atoms with Gasteiger partial charge < -0.3 is 29.0 Å². The average molecular weight is 728 g/mol. The Labute approximate surface area is 315 Å². The molecule has 0 fully saturated rings. The lowest BCUT2D eigenvalue weighted by Gasteiger charge is -2.21. The highest BCUT2D eigenvalue weighted by Gasteiger charge is 2.15. The van der Waals surface area contributed by atoms with Crippen LogP contribution >= 0.6 is 0 Å². The number of carbonyl (C=O) groups is 2. The van der Waals surface area contributed by atoms with Gasteiger partial charge in [0.05, 0.1) is 26.4 Å². The molecule has 0 heterocycles. The second kappa shape index (κ2) is 41.5. The Bertz CT molecular complexity index is 722. The first-order chi connectivity index (χ1) is 25.1. The summed E-state index contributed by atoms with van der Waals surface area (Å²) in [7, 11) is 0. The predicted molar refractivity (Wildman–Crippen MR) is 212 cm³/mol. The first kappa shape index (κ1) is 49.8. The van der Waals surface area contributed by atoms with Gasteiger partial charge in [0.2, 0.25) is 0 Å². The largest absolute Gasteiger partial charge is 0.466 e. The summed E-state index contributed by atoms with van der Waals surface area (Å²) in [5, 5.41) is 9.53. The standard InChI is InChI=1S/C43H85NO7/c1-4-7-10-13-14-22-29-38-50-42(46)30-23-17-15-19-25-32-44(34-35-45)33-26-20-16-18-24-31-43(47)51-41(39-48-36-27-12-9-6-3)40-49-37-28-21-11-8-5-2/h41,45H,4-40H2,1-3H3. The molecule has 0 rings (SSSR count). The van der Waals surface area contributed by atoms with Crippen molar-refractivity contribution in [3.05, 3.63) is 0 Å². The second-order valence-electron chi connectivity index (χ2n) is 14.7. The topological polar surface area (TPSA) is 94.5 Å². The number of esters is 2. The molecule has 1 N–H and O–H groups in total. The van der Waals surface area contributed by atoms with Crippen LogP contribution in [-0.2, 0) is 28.5 Å². The predicted octanol–water partition coefficient (Wildman–Crippen LogP) is 10.8. The highest BCUT2D eigenvalue weighted by Crippen LogP contribution is 2.12. The van der Waals surface area contributed by atoms with Crippen molar-refractivity contribution in [2.24, 2.45) is 0 Å². The monoisotopic (exact) mass is 728 g/mol. The molecule has 304 valence electrons. The smallest absolute Gasteiger partial charge is 0.306 e. The molecule has 1 atom stereocenters. The molecule has 0 aromatic rings. The molecule has 1 unspecified atom stereocenters. The fourth-order valence-corrected chi connectivity index (χ4v) is 6.29. The number of ether oxygens (including phenoxy) is 4. The zero-order valence-corrected chi connectivity index (χ0v) is 34.1. The molecule has 0 aliphatic heterocycles. The van der Waals surface area contributed by atoms with Crippen LogP contribution in [0.4, 0.5) is 0 Å². The molecule has 0 amide bonds. The average Bonchev–Trinajstić information content (AvgIpc) is 3.12. The van der Waals surface area contributed by atoms with Gasteiger partial charge in [0.1, 0.15) is 6.10 Å². The summed E-state index contributed by atoms with van der Waals surface area (Å²) < 4.78 is 22.9. The van der Waals surface area contributed by atoms with Crippen molar-refractivity contribution in [1.82, 2.24) is 4.90 Å². The molecule has 0 saturated carbocycles. The summed E-state index contributed by atoms with van der Waals surface area (Å²) in [6, 6.07) is 0. The van der Waals surface area contributed by atoms with E-state index in [9.17, 15) is 14.7 Å². The van der Waals surface area contributed by atoms with E-state index in [1.165, 1.54) is 77.0 Å². The maximum atomic E-state index is 12.6. The van der Waals surface area contributed by atoms with E-state index >= 15 is 0 Å². The normalized spacial score (nSPS) is 12.1. The van der Waals surface area contributed by atoms with Crippen LogP contribution < -0.4 is 0 Å². The van der Waals surface area contributed by atoms with Crippen LogP contribution in [0.15, 0.2) is 0 Å². The number of rotatable bonds is 42. The maximum Gasteiger partial charge on any atom is 0.306 e. The van der Waals surface area contributed by atoms with Crippen molar-refractivity contribution in [2.45, 2.75) is 207 Å². The van der Waals surface area contributed by atoms with Gasteiger partial charge in [0.15, 0.2) is 0 Å². The van der Waals surface area contributed by atoms with Gasteiger partial charge in [-0.1, -0.05) is 143 Å². The Morgan fingerprint density at radius 1 is 0.471 bits per heavy atom. The molecule has 0 bridgehead atoms. The van der Waals surface area contributed by atoms with Gasteiger partial charge in [0.25, 0.3) is 0 Å². The Balaban J connectivity index is 3.96. The first-order valence-electron chi connectivity index (χ1n) is 21.9. The molecule has 0 radical (unpaired) electrons. The van der Waals surface area contributed by atoms with E-state index in [1.54, 1.807) is 0 Å². The summed E-state index contributed by atoms with van der Waals surface area (Å²) in [5.41, 5.74) is 0. The molecule has 51 heavy (non-hydrogen) atoms. The minimum absolute atomic E-state index is 0.0400. The van der Waals surface area contributed by atoms with Gasteiger partial charge in [0, 0.05) is 32.6 Å². The third-order valence-corrected chi connectivity index (χ3v) is 9.58. The third-order valence-electron chi connectivity index (χ3n) is 9.58. The molecular weight excluding hydrogens is 642 g/mol. The summed E-state index contributed by atoms with van der Waals surface area (Å²) in [4.78, 5) is 26.9. The lowest BCUT2D eigenvalue weighted by Crippen LogP contribution is -2.29. The van der Waals surface area contributed by atoms with Crippen LogP contribution in [0.2, 0.25) is 0 Å². The summed E-state index contributed by atoms with van der Waals surface area (Å²) in [6.07, 6.45) is 30.6. The van der Waals surface area contributed by atoms with Crippen LogP contribution in [0, 0.1) is 0 Å². The maximum absolute atomic E-state index is 12.6. The van der Waals surface area contributed by atoms with E-state index < -0.39 is 0 Å². The van der Waals surface area contributed by atoms with Crippen molar-refractivity contribution in [3.63, 3.8) is 0 Å². The van der Waals surface area contributed by atoms with Gasteiger partial charge in [-0.25, -0.2) is 0 Å². The van der Waals surface area contributed by atoms with Crippen LogP contribution in [0.1, 0.15) is 201 Å². The molecule has 8 nitrogen and oxygen atoms in total. The Kier molecular flexibility index (Phi) is 40.5. The summed E-state index contributed by atoms with van der Waals surface area (Å²) in [6.45, 7) is 12.4. The number of aliphatic hydroxyl groups excluding tert-OH is 1. The zero-order chi connectivity index (χ0) is 37.3. The lowest BCUT2D eigenvalue weighted by atomic mass is 10.1. The van der Waals surface area contributed by atoms with Crippen molar-refractivity contribution < 1.29 is 33.6 Å². The van der Waals surface area contributed by atoms with Gasteiger partial charge >= 0.3 is 11.9 Å². The molecule has 0 aromatic carbocycles. The van der Waals surface area contributed by atoms with E-state index in [1.807, 2.05) is 0 Å². The van der Waals surface area contributed by atoms with Crippen molar-refractivity contribution in [3.8, 4) is 0 Å². The van der Waals surface area contributed by atoms with E-state index in [0.29, 0.717) is 45.9 Å². The van der Waals surface area contributed by atoms with Gasteiger partial charge in [-0.15, -0.1) is 0 Å². The number of hydrogen-bond donors (Lipinski definition) is 1. The van der Waals surface area contributed by atoms with E-state index in [0.717, 1.165) is 110 Å². The van der Waals surface area contributed by atoms with E-state index in [4.69, 9.17) is 18.9 Å². The summed E-state index contributed by atoms with van der Waals surface area (Å²) in [5.74, 6) is -0.184. The minimum Gasteiger partial charge on any atom is -0.466 e. The highest BCUT2D eigenvalue weighted by molar-refractivity contribution is 5.69. The molecule has 0 aliphatic rings. The summed E-state index contributed by atoms with van der Waals surface area (Å²) >= 11 is 0. The highest BCUT2D eigenvalue weighted by atomic mass is 16.6.